The maximum absolute atomic E-state index is 14.3. The first-order valence-corrected chi connectivity index (χ1v) is 20.7. The highest BCUT2D eigenvalue weighted by atomic mass is 35.5. The summed E-state index contributed by atoms with van der Waals surface area (Å²) in [6.07, 6.45) is -0.259. The molecule has 3 heterocycles. The molecule has 1 spiro atoms. The van der Waals surface area contributed by atoms with Gasteiger partial charge in [0, 0.05) is 49.6 Å². The van der Waals surface area contributed by atoms with Gasteiger partial charge >= 0.3 is 6.03 Å². The van der Waals surface area contributed by atoms with Crippen molar-refractivity contribution in [3.63, 3.8) is 0 Å². The summed E-state index contributed by atoms with van der Waals surface area (Å²) in [5.74, 6) is -2.93. The van der Waals surface area contributed by atoms with Crippen LogP contribution in [0.4, 0.5) is 10.5 Å². The number of rotatable bonds is 12. The van der Waals surface area contributed by atoms with Gasteiger partial charge in [0.2, 0.25) is 29.5 Å². The third kappa shape index (κ3) is 9.88. The number of urea groups is 1. The van der Waals surface area contributed by atoms with Crippen LogP contribution in [0.5, 0.6) is 0 Å². The summed E-state index contributed by atoms with van der Waals surface area (Å²) in [5, 5.41) is 32.8. The lowest BCUT2D eigenvalue weighted by Gasteiger charge is -2.39. The van der Waals surface area contributed by atoms with Crippen molar-refractivity contribution in [2.75, 3.05) is 25.0 Å². The predicted octanol–water partition coefficient (Wildman–Crippen LogP) is 1.67. The van der Waals surface area contributed by atoms with Crippen LogP contribution in [0.2, 0.25) is 5.02 Å². The number of nitrogens with zero attached hydrogens (tertiary/aromatic N) is 3. The molecule has 2 aromatic rings. The molecule has 1 saturated carbocycles. The number of carbonyl (C=O) groups excluding carboxylic acids is 7. The summed E-state index contributed by atoms with van der Waals surface area (Å²) in [7, 11) is 0. The van der Waals surface area contributed by atoms with Crippen molar-refractivity contribution in [2.24, 2.45) is 5.92 Å². The van der Waals surface area contributed by atoms with E-state index in [2.05, 4.69) is 21.3 Å². The largest absolute Gasteiger partial charge is 0.391 e. The number of amides is 7. The molecule has 6 rings (SSSR count). The van der Waals surface area contributed by atoms with Crippen LogP contribution in [0.15, 0.2) is 48.5 Å². The first kappa shape index (κ1) is 43.5. The Kier molecular flexibility index (Phi) is 13.3. The number of Topliss-reactive ketones (excluding diaryl/α,β-unsaturated/α-hetero) is 1. The number of hydrogen-bond donors (Lipinski definition) is 6. The molecule has 9 atom stereocenters. The molecule has 17 heteroatoms. The molecule has 6 N–H and O–H groups in total. The second-order valence-corrected chi connectivity index (χ2v) is 17.1. The summed E-state index contributed by atoms with van der Waals surface area (Å²) in [6.45, 7) is 7.07. The zero-order valence-electron chi connectivity index (χ0n) is 33.8. The number of halogens is 1. The molecular formula is C42H54ClN7O9. The van der Waals surface area contributed by atoms with Gasteiger partial charge in [0.1, 0.15) is 35.7 Å². The zero-order valence-corrected chi connectivity index (χ0v) is 34.5. The monoisotopic (exact) mass is 835 g/mol. The minimum Gasteiger partial charge on any atom is -0.391 e. The van der Waals surface area contributed by atoms with Gasteiger partial charge in [0.05, 0.1) is 12.2 Å². The summed E-state index contributed by atoms with van der Waals surface area (Å²) in [6, 6.07) is 7.05. The Labute approximate surface area is 348 Å². The van der Waals surface area contributed by atoms with E-state index in [0.717, 1.165) is 16.0 Å². The molecule has 0 bridgehead atoms. The first-order chi connectivity index (χ1) is 28.0. The lowest BCUT2D eigenvalue weighted by Crippen LogP contribution is -2.62. The summed E-state index contributed by atoms with van der Waals surface area (Å²) in [5.41, 5.74) is 1.27. The van der Waals surface area contributed by atoms with Crippen LogP contribution in [-0.2, 0) is 35.2 Å². The smallest absolute Gasteiger partial charge is 0.319 e. The molecule has 3 saturated heterocycles. The average molecular weight is 836 g/mol. The minimum atomic E-state index is -1.58. The fourth-order valence-electron chi connectivity index (χ4n) is 8.71. The fraction of sp³-hybridized carbons (Fsp3) is 0.548. The number of nitrogens with one attached hydrogen (secondary N) is 4. The summed E-state index contributed by atoms with van der Waals surface area (Å²) in [4.78, 5) is 99.4. The molecule has 1 aliphatic carbocycles. The molecule has 7 amide bonds. The Morgan fingerprint density at radius 3 is 2.31 bits per heavy atom. The van der Waals surface area contributed by atoms with Gasteiger partial charge in [-0.3, -0.25) is 28.8 Å². The maximum atomic E-state index is 14.3. The van der Waals surface area contributed by atoms with Crippen LogP contribution in [-0.4, -0.2) is 134 Å². The number of anilines is 1. The van der Waals surface area contributed by atoms with Crippen LogP contribution < -0.4 is 21.3 Å². The molecule has 2 aromatic carbocycles. The van der Waals surface area contributed by atoms with E-state index in [0.29, 0.717) is 49.4 Å². The average Bonchev–Trinajstić information content (AvgIpc) is 3.47. The number of aliphatic hydroxyl groups is 2. The third-order valence-corrected chi connectivity index (χ3v) is 12.0. The van der Waals surface area contributed by atoms with Gasteiger partial charge < -0.3 is 46.2 Å². The van der Waals surface area contributed by atoms with Gasteiger partial charge in [-0.15, -0.1) is 0 Å². The zero-order chi connectivity index (χ0) is 42.8. The number of aliphatic hydroxyl groups excluding tert-OH is 2. The van der Waals surface area contributed by atoms with Crippen LogP contribution >= 0.6 is 11.6 Å². The van der Waals surface area contributed by atoms with Crippen molar-refractivity contribution in [2.45, 2.75) is 121 Å². The second-order valence-electron chi connectivity index (χ2n) is 16.6. The van der Waals surface area contributed by atoms with Crippen molar-refractivity contribution >= 4 is 58.6 Å². The molecule has 0 radical (unpaired) electrons. The number of β-amino-alcohol motifs (C(OH)–C–C–N with tert-alkyl or cyclic N) is 1. The molecule has 3 aliphatic heterocycles. The van der Waals surface area contributed by atoms with Gasteiger partial charge in [-0.2, -0.15) is 0 Å². The quantitative estimate of drug-likeness (QED) is 0.183. The van der Waals surface area contributed by atoms with Gasteiger partial charge in [0.25, 0.3) is 0 Å². The number of benzene rings is 2. The maximum Gasteiger partial charge on any atom is 0.319 e. The SMILES string of the molecule is Cc1cccc(C[C@H](NC(=O)Nc2ccc(Cl)cc2)C(=O)N[C@H](C(=O)N2C[C@H](O)C[C@H]2C(=O)N2CCCC[C@H]2C(=O)N[C@@H](C)C(=O)N2C[C@H](C)C[C@]23CC3=O)[C@H](C)O)c1. The van der Waals surface area contributed by atoms with E-state index in [1.807, 2.05) is 32.0 Å². The Balaban J connectivity index is 1.15. The van der Waals surface area contributed by atoms with Crippen molar-refractivity contribution in [3.05, 3.63) is 64.7 Å². The number of hydrogen-bond acceptors (Lipinski definition) is 9. The summed E-state index contributed by atoms with van der Waals surface area (Å²) < 4.78 is 0. The Morgan fingerprint density at radius 1 is 0.932 bits per heavy atom. The van der Waals surface area contributed by atoms with Crippen molar-refractivity contribution in [1.82, 2.24) is 30.7 Å². The van der Waals surface area contributed by atoms with E-state index in [-0.39, 0.29) is 43.5 Å². The van der Waals surface area contributed by atoms with E-state index >= 15 is 0 Å². The van der Waals surface area contributed by atoms with Gasteiger partial charge in [-0.25, -0.2) is 4.79 Å². The normalized spacial score (nSPS) is 25.8. The Morgan fingerprint density at radius 2 is 1.64 bits per heavy atom. The van der Waals surface area contributed by atoms with E-state index in [1.54, 1.807) is 42.2 Å². The lowest BCUT2D eigenvalue weighted by atomic mass is 9.98. The third-order valence-electron chi connectivity index (χ3n) is 11.8. The van der Waals surface area contributed by atoms with Crippen molar-refractivity contribution < 1.29 is 43.8 Å². The molecule has 16 nitrogen and oxygen atoms in total. The second kappa shape index (κ2) is 18.1. The van der Waals surface area contributed by atoms with Crippen LogP contribution in [0.3, 0.4) is 0 Å². The molecule has 318 valence electrons. The van der Waals surface area contributed by atoms with E-state index < -0.39 is 77.6 Å². The molecule has 0 unspecified atom stereocenters. The topological polar surface area (TPSA) is 218 Å². The molecule has 4 fully saturated rings. The number of likely N-dealkylation sites (tertiary alicyclic amines) is 3. The van der Waals surface area contributed by atoms with Crippen LogP contribution in [0.25, 0.3) is 0 Å². The van der Waals surface area contributed by atoms with Gasteiger partial charge in [0.15, 0.2) is 5.78 Å². The van der Waals surface area contributed by atoms with Crippen molar-refractivity contribution in [3.8, 4) is 0 Å². The van der Waals surface area contributed by atoms with Crippen LogP contribution in [0.1, 0.15) is 70.4 Å². The molecule has 59 heavy (non-hydrogen) atoms. The Bertz CT molecular complexity index is 1960. The highest BCUT2D eigenvalue weighted by molar-refractivity contribution is 6.30. The number of piperidine rings is 1. The Hall–Kier alpha value is -5.06. The van der Waals surface area contributed by atoms with E-state index in [4.69, 9.17) is 11.6 Å². The summed E-state index contributed by atoms with van der Waals surface area (Å²) >= 11 is 5.97. The van der Waals surface area contributed by atoms with E-state index in [9.17, 15) is 43.8 Å². The van der Waals surface area contributed by atoms with Crippen LogP contribution in [0, 0.1) is 12.8 Å². The molecule has 0 aromatic heterocycles. The highest BCUT2D eigenvalue weighted by Crippen LogP contribution is 2.48. The number of carbonyl (C=O) groups is 7. The lowest BCUT2D eigenvalue weighted by molar-refractivity contribution is -0.152. The number of ketones is 1. The van der Waals surface area contributed by atoms with E-state index in [1.165, 1.54) is 11.8 Å². The van der Waals surface area contributed by atoms with Gasteiger partial charge in [-0.1, -0.05) is 48.4 Å². The minimum absolute atomic E-state index is 0.0180. The first-order valence-electron chi connectivity index (χ1n) is 20.3. The van der Waals surface area contributed by atoms with Gasteiger partial charge in [-0.05, 0) is 82.2 Å². The van der Waals surface area contributed by atoms with Crippen molar-refractivity contribution in [1.29, 1.82) is 0 Å². The molecular weight excluding hydrogens is 782 g/mol. The standard InChI is InChI=1S/C42H54ClN7O9/c1-23-8-7-9-27(16-23)17-31(46-41(59)45-29-13-11-28(43)12-14-29)36(54)47-35(26(4)51)40(58)49-22-30(52)18-33(49)39(57)48-15-6-5-10-32(48)37(55)44-25(3)38(56)50-21-24(2)19-42(50)20-34(42)53/h7-9,11-14,16,24-26,30-33,35,51-52H,5-6,10,15,17-22H2,1-4H3,(H,44,55)(H,47,54)(H2,45,46,59)/t24-,25+,26+,30-,31+,32+,33+,35+,42-/m1/s1. The fourth-order valence-corrected chi connectivity index (χ4v) is 8.84. The number of aryl methyl sites for hydroxylation is 1. The highest BCUT2D eigenvalue weighted by Gasteiger charge is 2.63. The predicted molar refractivity (Wildman–Crippen MR) is 217 cm³/mol. The molecule has 4 aliphatic rings.